The average Bonchev–Trinajstić information content (AvgIpc) is 2.26. The third-order valence-corrected chi connectivity index (χ3v) is 3.03. The monoisotopic (exact) mass is 198 g/mol. The fourth-order valence-electron chi connectivity index (χ4n) is 2.05. The van der Waals surface area contributed by atoms with Gasteiger partial charge in [0.15, 0.2) is 0 Å². The Bertz CT molecular complexity index is 176. The average molecular weight is 198 g/mol. The van der Waals surface area contributed by atoms with Gasteiger partial charge < -0.3 is 10.2 Å². The lowest BCUT2D eigenvalue weighted by molar-refractivity contribution is -0.135. The first-order valence-electron chi connectivity index (χ1n) is 5.65. The molecule has 1 rings (SSSR count). The number of rotatable bonds is 4. The second-order valence-corrected chi connectivity index (χ2v) is 4.20. The maximum Gasteiger partial charge on any atom is 0.225 e. The number of hydrogen-bond donors (Lipinski definition) is 1. The number of carbonyl (C=O) groups is 1. The normalized spacial score (nSPS) is 18.1. The molecular weight excluding hydrogens is 176 g/mol. The van der Waals surface area contributed by atoms with Crippen molar-refractivity contribution in [1.29, 1.82) is 0 Å². The van der Waals surface area contributed by atoms with E-state index in [0.29, 0.717) is 11.8 Å². The standard InChI is InChI=1S/C11H22N2O/c1-12-8-9-13(2)11(14)10-6-4-3-5-7-10/h10,12H,3-9H2,1-2H3. The van der Waals surface area contributed by atoms with Crippen LogP contribution >= 0.6 is 0 Å². The molecule has 3 heteroatoms. The highest BCUT2D eigenvalue weighted by Gasteiger charge is 2.23. The van der Waals surface area contributed by atoms with Crippen molar-refractivity contribution in [2.75, 3.05) is 27.2 Å². The number of amides is 1. The van der Waals surface area contributed by atoms with Gasteiger partial charge in [-0.2, -0.15) is 0 Å². The highest BCUT2D eigenvalue weighted by Crippen LogP contribution is 2.24. The van der Waals surface area contributed by atoms with Gasteiger partial charge in [0.2, 0.25) is 5.91 Å². The summed E-state index contributed by atoms with van der Waals surface area (Å²) in [6.07, 6.45) is 5.97. The molecule has 0 aliphatic heterocycles. The van der Waals surface area contributed by atoms with E-state index in [1.54, 1.807) is 0 Å². The minimum atomic E-state index is 0.311. The summed E-state index contributed by atoms with van der Waals surface area (Å²) < 4.78 is 0. The van der Waals surface area contributed by atoms with Gasteiger partial charge in [0.1, 0.15) is 0 Å². The molecule has 0 aromatic rings. The van der Waals surface area contributed by atoms with E-state index in [1.807, 2.05) is 19.0 Å². The molecule has 0 saturated heterocycles. The van der Waals surface area contributed by atoms with Gasteiger partial charge >= 0.3 is 0 Å². The summed E-state index contributed by atoms with van der Waals surface area (Å²) in [5.74, 6) is 0.658. The van der Waals surface area contributed by atoms with Crippen molar-refractivity contribution in [2.45, 2.75) is 32.1 Å². The molecule has 1 aliphatic carbocycles. The molecule has 0 unspecified atom stereocenters. The highest BCUT2D eigenvalue weighted by atomic mass is 16.2. The topological polar surface area (TPSA) is 32.3 Å². The summed E-state index contributed by atoms with van der Waals surface area (Å²) in [4.78, 5) is 13.8. The first-order valence-corrected chi connectivity index (χ1v) is 5.65. The van der Waals surface area contributed by atoms with Crippen molar-refractivity contribution in [3.63, 3.8) is 0 Å². The Morgan fingerprint density at radius 1 is 1.36 bits per heavy atom. The summed E-state index contributed by atoms with van der Waals surface area (Å²) >= 11 is 0. The van der Waals surface area contributed by atoms with Crippen LogP contribution in [0.25, 0.3) is 0 Å². The van der Waals surface area contributed by atoms with Crippen LogP contribution in [0.5, 0.6) is 0 Å². The van der Waals surface area contributed by atoms with E-state index in [4.69, 9.17) is 0 Å². The van der Waals surface area contributed by atoms with E-state index in [0.717, 1.165) is 25.9 Å². The molecular formula is C11H22N2O. The van der Waals surface area contributed by atoms with E-state index in [2.05, 4.69) is 5.32 Å². The first-order chi connectivity index (χ1) is 6.75. The quantitative estimate of drug-likeness (QED) is 0.737. The molecule has 0 aromatic carbocycles. The van der Waals surface area contributed by atoms with Gasteiger partial charge in [0.05, 0.1) is 0 Å². The van der Waals surface area contributed by atoms with Crippen molar-refractivity contribution < 1.29 is 4.79 Å². The predicted molar refractivity (Wildman–Crippen MR) is 58.1 cm³/mol. The van der Waals surface area contributed by atoms with E-state index >= 15 is 0 Å². The van der Waals surface area contributed by atoms with Crippen LogP contribution in [0.4, 0.5) is 0 Å². The zero-order chi connectivity index (χ0) is 10.4. The summed E-state index contributed by atoms with van der Waals surface area (Å²) in [6, 6.07) is 0. The minimum Gasteiger partial charge on any atom is -0.344 e. The predicted octanol–water partition coefficient (Wildman–Crippen LogP) is 1.24. The SMILES string of the molecule is CNCCN(C)C(=O)C1CCCCC1. The maximum absolute atomic E-state index is 11.9. The molecule has 3 nitrogen and oxygen atoms in total. The molecule has 1 N–H and O–H groups in total. The van der Waals surface area contributed by atoms with Gasteiger partial charge in [-0.25, -0.2) is 0 Å². The molecule has 1 saturated carbocycles. The van der Waals surface area contributed by atoms with Crippen molar-refractivity contribution in [2.24, 2.45) is 5.92 Å². The summed E-state index contributed by atoms with van der Waals surface area (Å²) in [5, 5.41) is 3.06. The molecule has 1 aliphatic rings. The second-order valence-electron chi connectivity index (χ2n) is 4.20. The van der Waals surface area contributed by atoms with E-state index in [1.165, 1.54) is 19.3 Å². The van der Waals surface area contributed by atoms with Gasteiger partial charge in [-0.05, 0) is 19.9 Å². The largest absolute Gasteiger partial charge is 0.344 e. The van der Waals surface area contributed by atoms with Crippen molar-refractivity contribution >= 4 is 5.91 Å². The number of hydrogen-bond acceptors (Lipinski definition) is 2. The van der Waals surface area contributed by atoms with Gasteiger partial charge in [0, 0.05) is 26.1 Å². The number of nitrogens with zero attached hydrogens (tertiary/aromatic N) is 1. The van der Waals surface area contributed by atoms with Crippen LogP contribution in [0, 0.1) is 5.92 Å². The number of nitrogens with one attached hydrogen (secondary N) is 1. The molecule has 14 heavy (non-hydrogen) atoms. The highest BCUT2D eigenvalue weighted by molar-refractivity contribution is 5.78. The summed E-state index contributed by atoms with van der Waals surface area (Å²) in [7, 11) is 3.83. The third-order valence-electron chi connectivity index (χ3n) is 3.03. The zero-order valence-electron chi connectivity index (χ0n) is 9.38. The lowest BCUT2D eigenvalue weighted by atomic mass is 9.88. The van der Waals surface area contributed by atoms with Gasteiger partial charge in [-0.3, -0.25) is 4.79 Å². The molecule has 0 aromatic heterocycles. The van der Waals surface area contributed by atoms with Crippen LogP contribution in [0.3, 0.4) is 0 Å². The van der Waals surface area contributed by atoms with E-state index < -0.39 is 0 Å². The summed E-state index contributed by atoms with van der Waals surface area (Å²) in [5.41, 5.74) is 0. The Labute approximate surface area is 86.9 Å². The molecule has 0 atom stereocenters. The molecule has 0 bridgehead atoms. The van der Waals surface area contributed by atoms with Crippen molar-refractivity contribution in [3.8, 4) is 0 Å². The Morgan fingerprint density at radius 2 is 2.00 bits per heavy atom. The second kappa shape index (κ2) is 6.02. The van der Waals surface area contributed by atoms with E-state index in [-0.39, 0.29) is 0 Å². The van der Waals surface area contributed by atoms with E-state index in [9.17, 15) is 4.79 Å². The molecule has 1 amide bonds. The Kier molecular flexibility index (Phi) is 4.94. The summed E-state index contributed by atoms with van der Waals surface area (Å²) in [6.45, 7) is 1.71. The first kappa shape index (κ1) is 11.5. The van der Waals surface area contributed by atoms with Crippen molar-refractivity contribution in [3.05, 3.63) is 0 Å². The smallest absolute Gasteiger partial charge is 0.225 e. The van der Waals surface area contributed by atoms with Crippen LogP contribution in [0.2, 0.25) is 0 Å². The zero-order valence-corrected chi connectivity index (χ0v) is 9.38. The fraction of sp³-hybridized carbons (Fsp3) is 0.909. The number of carbonyl (C=O) groups excluding carboxylic acids is 1. The molecule has 0 spiro atoms. The van der Waals surface area contributed by atoms with Gasteiger partial charge in [0.25, 0.3) is 0 Å². The molecule has 0 heterocycles. The van der Waals surface area contributed by atoms with Crippen LogP contribution in [-0.2, 0) is 4.79 Å². The lowest BCUT2D eigenvalue weighted by Gasteiger charge is -2.26. The Hall–Kier alpha value is -0.570. The van der Waals surface area contributed by atoms with Crippen molar-refractivity contribution in [1.82, 2.24) is 10.2 Å². The Morgan fingerprint density at radius 3 is 2.57 bits per heavy atom. The van der Waals surface area contributed by atoms with Crippen LogP contribution in [0.15, 0.2) is 0 Å². The van der Waals surface area contributed by atoms with Crippen LogP contribution < -0.4 is 5.32 Å². The Balaban J connectivity index is 2.30. The lowest BCUT2D eigenvalue weighted by Crippen LogP contribution is -2.37. The molecule has 1 fully saturated rings. The third kappa shape index (κ3) is 3.29. The molecule has 82 valence electrons. The van der Waals surface area contributed by atoms with Gasteiger partial charge in [-0.1, -0.05) is 19.3 Å². The maximum atomic E-state index is 11.9. The van der Waals surface area contributed by atoms with Crippen LogP contribution in [-0.4, -0.2) is 38.0 Å². The fourth-order valence-corrected chi connectivity index (χ4v) is 2.05. The van der Waals surface area contributed by atoms with Gasteiger partial charge in [-0.15, -0.1) is 0 Å². The minimum absolute atomic E-state index is 0.311. The number of likely N-dealkylation sites (N-methyl/N-ethyl adjacent to an activating group) is 2. The molecule has 0 radical (unpaired) electrons. The van der Waals surface area contributed by atoms with Crippen LogP contribution in [0.1, 0.15) is 32.1 Å².